The van der Waals surface area contributed by atoms with E-state index < -0.39 is 0 Å². The molecule has 27 heavy (non-hydrogen) atoms. The quantitative estimate of drug-likeness (QED) is 0.563. The van der Waals surface area contributed by atoms with Crippen molar-refractivity contribution in [1.29, 1.82) is 0 Å². The summed E-state index contributed by atoms with van der Waals surface area (Å²) in [6, 6.07) is 6.94. The Morgan fingerprint density at radius 1 is 1.22 bits per heavy atom. The van der Waals surface area contributed by atoms with Gasteiger partial charge in [0.2, 0.25) is 0 Å². The Kier molecular flexibility index (Phi) is 6.96. The summed E-state index contributed by atoms with van der Waals surface area (Å²) in [6.07, 6.45) is 2.61. The third kappa shape index (κ3) is 6.11. The molecule has 0 radical (unpaired) electrons. The lowest BCUT2D eigenvalue weighted by Crippen LogP contribution is -2.55. The van der Waals surface area contributed by atoms with Gasteiger partial charge in [0.1, 0.15) is 5.75 Å². The number of aryl methyl sites for hydroxylation is 1. The molecule has 150 valence electrons. The van der Waals surface area contributed by atoms with Gasteiger partial charge in [0.15, 0.2) is 5.96 Å². The summed E-state index contributed by atoms with van der Waals surface area (Å²) in [4.78, 5) is 9.19. The fraction of sp³-hybridized carbons (Fsp3) is 0.667. The highest BCUT2D eigenvalue weighted by atomic mass is 16.5. The van der Waals surface area contributed by atoms with Crippen LogP contribution in [0.5, 0.6) is 5.75 Å². The Labute approximate surface area is 164 Å². The molecule has 1 saturated heterocycles. The Hall–Kier alpha value is -1.79. The van der Waals surface area contributed by atoms with Crippen LogP contribution >= 0.6 is 0 Å². The molecule has 0 amide bonds. The molecule has 3 rings (SSSR count). The zero-order valence-electron chi connectivity index (χ0n) is 17.3. The van der Waals surface area contributed by atoms with Crippen molar-refractivity contribution in [1.82, 2.24) is 20.4 Å². The first-order chi connectivity index (χ1) is 13.0. The van der Waals surface area contributed by atoms with Crippen LogP contribution in [0, 0.1) is 12.8 Å². The average molecular weight is 374 g/mol. The summed E-state index contributed by atoms with van der Waals surface area (Å²) in [7, 11) is 6.21. The Morgan fingerprint density at radius 2 is 2.04 bits per heavy atom. The molecular formula is C21H35N5O. The summed E-state index contributed by atoms with van der Waals surface area (Å²) in [5.74, 6) is 2.59. The second-order valence-corrected chi connectivity index (χ2v) is 8.07. The van der Waals surface area contributed by atoms with Gasteiger partial charge < -0.3 is 20.3 Å². The van der Waals surface area contributed by atoms with Gasteiger partial charge in [0.05, 0.1) is 6.61 Å². The van der Waals surface area contributed by atoms with Crippen molar-refractivity contribution in [2.45, 2.75) is 32.4 Å². The van der Waals surface area contributed by atoms with Gasteiger partial charge in [0.25, 0.3) is 0 Å². The molecule has 0 aromatic heterocycles. The maximum Gasteiger partial charge on any atom is 0.191 e. The van der Waals surface area contributed by atoms with Crippen molar-refractivity contribution in [2.75, 3.05) is 53.9 Å². The zero-order valence-corrected chi connectivity index (χ0v) is 17.3. The summed E-state index contributed by atoms with van der Waals surface area (Å²) in [5.41, 5.74) is 2.41. The van der Waals surface area contributed by atoms with Crippen LogP contribution in [-0.2, 0) is 6.54 Å². The topological polar surface area (TPSA) is 52.1 Å². The number of ether oxygens (including phenoxy) is 1. The van der Waals surface area contributed by atoms with Crippen LogP contribution in [0.25, 0.3) is 0 Å². The fourth-order valence-corrected chi connectivity index (χ4v) is 3.37. The highest BCUT2D eigenvalue weighted by Crippen LogP contribution is 2.30. The first-order valence-electron chi connectivity index (χ1n) is 10.1. The lowest BCUT2D eigenvalue weighted by molar-refractivity contribution is 0.116. The molecule has 2 aliphatic rings. The van der Waals surface area contributed by atoms with Crippen LogP contribution in [0.1, 0.15) is 24.0 Å². The number of hydrogen-bond donors (Lipinski definition) is 2. The molecule has 2 N–H and O–H groups in total. The second-order valence-electron chi connectivity index (χ2n) is 8.07. The minimum atomic E-state index is 0.499. The van der Waals surface area contributed by atoms with Crippen molar-refractivity contribution >= 4 is 5.96 Å². The molecule has 0 spiro atoms. The molecule has 1 saturated carbocycles. The van der Waals surface area contributed by atoms with Gasteiger partial charge in [-0.25, -0.2) is 0 Å². The summed E-state index contributed by atoms with van der Waals surface area (Å²) >= 11 is 0. The van der Waals surface area contributed by atoms with Gasteiger partial charge in [-0.15, -0.1) is 0 Å². The molecule has 1 aliphatic carbocycles. The van der Waals surface area contributed by atoms with Crippen molar-refractivity contribution in [3.63, 3.8) is 0 Å². The Balaban J connectivity index is 1.51. The van der Waals surface area contributed by atoms with E-state index in [1.807, 2.05) is 7.05 Å². The highest BCUT2D eigenvalue weighted by Gasteiger charge is 2.23. The van der Waals surface area contributed by atoms with Crippen molar-refractivity contribution in [3.8, 4) is 5.75 Å². The summed E-state index contributed by atoms with van der Waals surface area (Å²) < 4.78 is 6.08. The Bertz CT molecular complexity index is 643. The minimum absolute atomic E-state index is 0.499. The van der Waals surface area contributed by atoms with Gasteiger partial charge >= 0.3 is 0 Å². The molecular weight excluding hydrogens is 338 g/mol. The number of nitrogens with zero attached hydrogens (tertiary/aromatic N) is 3. The van der Waals surface area contributed by atoms with Crippen LogP contribution in [-0.4, -0.2) is 75.7 Å². The molecule has 0 bridgehead atoms. The normalized spacial score (nSPS) is 21.9. The Morgan fingerprint density at radius 3 is 2.78 bits per heavy atom. The third-order valence-electron chi connectivity index (χ3n) is 5.55. The number of nitrogens with one attached hydrogen (secondary N) is 2. The van der Waals surface area contributed by atoms with Crippen LogP contribution in [0.4, 0.5) is 0 Å². The molecule has 1 aromatic carbocycles. The summed E-state index contributed by atoms with van der Waals surface area (Å²) in [6.45, 7) is 7.87. The van der Waals surface area contributed by atoms with E-state index in [9.17, 15) is 0 Å². The van der Waals surface area contributed by atoms with Gasteiger partial charge in [-0.1, -0.05) is 12.1 Å². The van der Waals surface area contributed by atoms with E-state index in [0.717, 1.165) is 50.4 Å². The number of piperazine rings is 1. The first-order valence-corrected chi connectivity index (χ1v) is 10.1. The lowest BCUT2D eigenvalue weighted by Gasteiger charge is -2.37. The zero-order chi connectivity index (χ0) is 19.2. The van der Waals surface area contributed by atoms with Crippen molar-refractivity contribution in [2.24, 2.45) is 10.9 Å². The average Bonchev–Trinajstić information content (AvgIpc) is 3.48. The standard InChI is InChI=1S/C21H35N5O/c1-16-5-8-18(20(11-16)27-15-17-6-7-17)12-23-21(22-2)24-13-19-14-25(3)9-10-26(19)4/h5,8,11,17,19H,6-7,9-10,12-15H2,1-4H3,(H2,22,23,24). The third-order valence-corrected chi connectivity index (χ3v) is 5.55. The van der Waals surface area contributed by atoms with Crippen LogP contribution in [0.3, 0.4) is 0 Å². The highest BCUT2D eigenvalue weighted by molar-refractivity contribution is 5.79. The largest absolute Gasteiger partial charge is 0.493 e. The molecule has 1 aromatic rings. The van der Waals surface area contributed by atoms with Crippen LogP contribution in [0.2, 0.25) is 0 Å². The number of likely N-dealkylation sites (N-methyl/N-ethyl adjacent to an activating group) is 2. The smallest absolute Gasteiger partial charge is 0.191 e. The van der Waals surface area contributed by atoms with Crippen LogP contribution in [0.15, 0.2) is 23.2 Å². The second kappa shape index (κ2) is 9.42. The number of rotatable bonds is 7. The van der Waals surface area contributed by atoms with E-state index in [1.54, 1.807) is 0 Å². The van der Waals surface area contributed by atoms with Crippen LogP contribution < -0.4 is 15.4 Å². The maximum absolute atomic E-state index is 6.08. The maximum atomic E-state index is 6.08. The summed E-state index contributed by atoms with van der Waals surface area (Å²) in [5, 5.41) is 6.92. The fourth-order valence-electron chi connectivity index (χ4n) is 3.37. The lowest BCUT2D eigenvalue weighted by atomic mass is 10.1. The molecule has 1 unspecified atom stereocenters. The number of aliphatic imine (C=N–C) groups is 1. The first kappa shape index (κ1) is 20.0. The molecule has 6 heteroatoms. The number of hydrogen-bond acceptors (Lipinski definition) is 4. The van der Waals surface area contributed by atoms with E-state index in [0.29, 0.717) is 12.6 Å². The van der Waals surface area contributed by atoms with Gasteiger partial charge in [-0.05, 0) is 51.4 Å². The number of guanidine groups is 1. The van der Waals surface area contributed by atoms with Crippen molar-refractivity contribution in [3.05, 3.63) is 29.3 Å². The van der Waals surface area contributed by atoms with Gasteiger partial charge in [0, 0.05) is 51.4 Å². The predicted octanol–water partition coefficient (Wildman–Crippen LogP) is 1.69. The SMILES string of the molecule is CN=C(NCc1ccc(C)cc1OCC1CC1)NCC1CN(C)CCN1C. The molecule has 1 aliphatic heterocycles. The van der Waals surface area contributed by atoms with E-state index >= 15 is 0 Å². The van der Waals surface area contributed by atoms with E-state index in [-0.39, 0.29) is 0 Å². The molecule has 2 fully saturated rings. The van der Waals surface area contributed by atoms with Crippen molar-refractivity contribution < 1.29 is 4.74 Å². The van der Waals surface area contributed by atoms with Gasteiger partial charge in [-0.3, -0.25) is 9.89 Å². The monoisotopic (exact) mass is 373 g/mol. The molecule has 6 nitrogen and oxygen atoms in total. The van der Waals surface area contributed by atoms with E-state index in [2.05, 4.69) is 64.6 Å². The number of benzene rings is 1. The molecule has 1 heterocycles. The predicted molar refractivity (Wildman–Crippen MR) is 112 cm³/mol. The van der Waals surface area contributed by atoms with Gasteiger partial charge in [-0.2, -0.15) is 0 Å². The van der Waals surface area contributed by atoms with E-state index in [4.69, 9.17) is 4.74 Å². The molecule has 1 atom stereocenters. The van der Waals surface area contributed by atoms with E-state index in [1.165, 1.54) is 24.0 Å². The minimum Gasteiger partial charge on any atom is -0.493 e.